The number of carbonyl (C=O) groups is 1. The third-order valence-electron chi connectivity index (χ3n) is 6.62. The largest absolute Gasteiger partial charge is 0.436 e. The first-order valence-electron chi connectivity index (χ1n) is 11.3. The van der Waals surface area contributed by atoms with Gasteiger partial charge in [-0.15, -0.1) is 0 Å². The second-order valence-electron chi connectivity index (χ2n) is 9.04. The van der Waals surface area contributed by atoms with Crippen molar-refractivity contribution in [3.8, 4) is 0 Å². The molecule has 1 unspecified atom stereocenters. The molecule has 0 bridgehead atoms. The summed E-state index contributed by atoms with van der Waals surface area (Å²) in [7, 11) is 0. The fraction of sp³-hybridized carbons (Fsp3) is 0.792. The molecule has 5 heteroatoms. The molecular weight excluding hydrogens is 368 g/mol. The molecule has 3 rings (SSSR count). The second-order valence-corrected chi connectivity index (χ2v) is 9.04. The van der Waals surface area contributed by atoms with Gasteiger partial charge in [0, 0.05) is 31.3 Å². The zero-order valence-corrected chi connectivity index (χ0v) is 18.7. The van der Waals surface area contributed by atoms with E-state index < -0.39 is 6.29 Å². The van der Waals surface area contributed by atoms with Crippen LogP contribution in [0.4, 0.5) is 0 Å². The molecule has 2 aliphatic heterocycles. The van der Waals surface area contributed by atoms with Crippen LogP contribution in [0.2, 0.25) is 0 Å². The number of esters is 1. The first kappa shape index (κ1) is 22.5. The predicted molar refractivity (Wildman–Crippen MR) is 112 cm³/mol. The maximum Gasteiger partial charge on any atom is 0.304 e. The van der Waals surface area contributed by atoms with Crippen LogP contribution in [0.3, 0.4) is 0 Å². The number of hydrogen-bond donors (Lipinski definition) is 0. The Hall–Kier alpha value is -1.17. The lowest BCUT2D eigenvalue weighted by Gasteiger charge is -2.42. The van der Waals surface area contributed by atoms with Crippen molar-refractivity contribution < 1.29 is 23.7 Å². The second kappa shape index (κ2) is 10.2. The lowest BCUT2D eigenvalue weighted by atomic mass is 9.76. The molecule has 2 heterocycles. The maximum atomic E-state index is 11.5. The fourth-order valence-electron chi connectivity index (χ4n) is 5.36. The monoisotopic (exact) mass is 406 g/mol. The van der Waals surface area contributed by atoms with E-state index in [4.69, 9.17) is 18.9 Å². The molecule has 0 aromatic carbocycles. The minimum Gasteiger partial charge on any atom is -0.436 e. The number of ether oxygens (including phenoxy) is 4. The van der Waals surface area contributed by atoms with Crippen LogP contribution in [0, 0.1) is 23.7 Å². The predicted octanol–water partition coefficient (Wildman–Crippen LogP) is 5.36. The number of hydrogen-bond acceptors (Lipinski definition) is 5. The minimum atomic E-state index is -0.467. The van der Waals surface area contributed by atoms with Crippen LogP contribution in [0.25, 0.3) is 0 Å². The Bertz CT molecular complexity index is 621. The summed E-state index contributed by atoms with van der Waals surface area (Å²) in [4.78, 5) is 11.5. The highest BCUT2D eigenvalue weighted by atomic mass is 16.8. The molecule has 0 N–H and O–H groups in total. The van der Waals surface area contributed by atoms with E-state index in [2.05, 4.69) is 32.9 Å². The highest BCUT2D eigenvalue weighted by Crippen LogP contribution is 2.56. The number of rotatable bonds is 9. The van der Waals surface area contributed by atoms with E-state index in [0.717, 1.165) is 38.5 Å². The average Bonchev–Trinajstić information content (AvgIpc) is 3.21. The third-order valence-corrected chi connectivity index (χ3v) is 6.62. The number of allylic oxidation sites excluding steroid dienone is 4. The highest BCUT2D eigenvalue weighted by molar-refractivity contribution is 5.66. The van der Waals surface area contributed by atoms with Crippen molar-refractivity contribution >= 4 is 5.97 Å². The van der Waals surface area contributed by atoms with Crippen LogP contribution in [0.5, 0.6) is 0 Å². The van der Waals surface area contributed by atoms with Gasteiger partial charge in [-0.05, 0) is 72.1 Å². The molecule has 164 valence electrons. The summed E-state index contributed by atoms with van der Waals surface area (Å²) in [6.07, 6.45) is 10.2. The molecular formula is C24H38O5. The molecule has 7 atom stereocenters. The summed E-state index contributed by atoms with van der Waals surface area (Å²) in [5.74, 6) is 1.14. The van der Waals surface area contributed by atoms with E-state index in [9.17, 15) is 4.79 Å². The molecule has 0 aromatic heterocycles. The lowest BCUT2D eigenvalue weighted by Crippen LogP contribution is -2.46. The molecule has 0 amide bonds. The van der Waals surface area contributed by atoms with Crippen molar-refractivity contribution in [2.75, 3.05) is 6.61 Å². The van der Waals surface area contributed by atoms with Gasteiger partial charge < -0.3 is 18.9 Å². The van der Waals surface area contributed by atoms with Gasteiger partial charge in [-0.3, -0.25) is 4.79 Å². The Balaban J connectivity index is 1.62. The van der Waals surface area contributed by atoms with Gasteiger partial charge in [0.1, 0.15) is 0 Å². The van der Waals surface area contributed by atoms with Crippen molar-refractivity contribution in [2.45, 2.75) is 92.0 Å². The molecule has 1 saturated carbocycles. The summed E-state index contributed by atoms with van der Waals surface area (Å²) in [6.45, 7) is 10.6. The molecule has 0 aromatic rings. The number of carbonyl (C=O) groups excluding carboxylic acids is 1. The van der Waals surface area contributed by atoms with Gasteiger partial charge in [0.15, 0.2) is 12.6 Å². The van der Waals surface area contributed by atoms with Crippen molar-refractivity contribution in [1.29, 1.82) is 0 Å². The molecule has 5 nitrogen and oxygen atoms in total. The zero-order chi connectivity index (χ0) is 21.0. The van der Waals surface area contributed by atoms with E-state index in [1.165, 1.54) is 18.1 Å². The molecule has 0 radical (unpaired) electrons. The smallest absolute Gasteiger partial charge is 0.304 e. The quantitative estimate of drug-likeness (QED) is 0.381. The van der Waals surface area contributed by atoms with Gasteiger partial charge in [-0.1, -0.05) is 23.3 Å². The highest BCUT2D eigenvalue weighted by Gasteiger charge is 2.60. The maximum absolute atomic E-state index is 11.5. The Morgan fingerprint density at radius 1 is 1.00 bits per heavy atom. The SMILES string of the molecule is CCO[C@H]1OC2O[C@H](OC(C)=O)[C@H]3CC[C@@H]([C@H]1CC/C=C(\C)CCC=C(C)C)[C@@H]23. The Kier molecular flexibility index (Phi) is 7.94. The Labute approximate surface area is 175 Å². The molecule has 3 fully saturated rings. The molecule has 0 spiro atoms. The summed E-state index contributed by atoms with van der Waals surface area (Å²) in [5, 5.41) is 0. The van der Waals surface area contributed by atoms with Gasteiger partial charge in [-0.2, -0.15) is 0 Å². The van der Waals surface area contributed by atoms with Gasteiger partial charge >= 0.3 is 5.97 Å². The van der Waals surface area contributed by atoms with Crippen LogP contribution in [0.1, 0.15) is 73.1 Å². The van der Waals surface area contributed by atoms with Crippen molar-refractivity contribution in [1.82, 2.24) is 0 Å². The third kappa shape index (κ3) is 5.50. The standard InChI is InChI=1S/C24H38O5/c1-6-26-22-19(12-8-11-16(4)10-7-9-15(2)3)18-13-14-20-21(18)24(28-22)29-23(20)27-17(5)25/h9,11,18-24H,6-8,10,12-14H2,1-5H3/b16-11+/t18-,19+,20-,21+,22-,23-,24?/m0/s1. The Morgan fingerprint density at radius 2 is 1.72 bits per heavy atom. The normalized spacial score (nSPS) is 36.0. The van der Waals surface area contributed by atoms with E-state index in [1.54, 1.807) is 0 Å². The summed E-state index contributed by atoms with van der Waals surface area (Å²) in [6, 6.07) is 0. The molecule has 3 aliphatic rings. The van der Waals surface area contributed by atoms with E-state index >= 15 is 0 Å². The van der Waals surface area contributed by atoms with Gasteiger partial charge in [-0.25, -0.2) is 0 Å². The van der Waals surface area contributed by atoms with Crippen molar-refractivity contribution in [3.05, 3.63) is 23.3 Å². The first-order valence-corrected chi connectivity index (χ1v) is 11.3. The van der Waals surface area contributed by atoms with E-state index in [0.29, 0.717) is 24.4 Å². The van der Waals surface area contributed by atoms with Gasteiger partial charge in [0.25, 0.3) is 0 Å². The minimum absolute atomic E-state index is 0.236. The van der Waals surface area contributed by atoms with Crippen LogP contribution in [0.15, 0.2) is 23.3 Å². The summed E-state index contributed by atoms with van der Waals surface area (Å²) < 4.78 is 23.6. The lowest BCUT2D eigenvalue weighted by molar-refractivity contribution is -0.314. The van der Waals surface area contributed by atoms with Crippen molar-refractivity contribution in [2.24, 2.45) is 23.7 Å². The summed E-state index contributed by atoms with van der Waals surface area (Å²) in [5.41, 5.74) is 2.83. The van der Waals surface area contributed by atoms with E-state index in [-0.39, 0.29) is 24.5 Å². The fourth-order valence-corrected chi connectivity index (χ4v) is 5.36. The van der Waals surface area contributed by atoms with Gasteiger partial charge in [0.2, 0.25) is 6.29 Å². The average molecular weight is 407 g/mol. The summed E-state index contributed by atoms with van der Waals surface area (Å²) >= 11 is 0. The Morgan fingerprint density at radius 3 is 2.41 bits per heavy atom. The van der Waals surface area contributed by atoms with Gasteiger partial charge in [0.05, 0.1) is 0 Å². The van der Waals surface area contributed by atoms with Crippen molar-refractivity contribution in [3.63, 3.8) is 0 Å². The molecule has 2 saturated heterocycles. The van der Waals surface area contributed by atoms with Crippen LogP contribution in [-0.2, 0) is 23.7 Å². The topological polar surface area (TPSA) is 54.0 Å². The first-order chi connectivity index (χ1) is 13.9. The van der Waals surface area contributed by atoms with E-state index in [1.807, 2.05) is 6.92 Å². The molecule has 1 aliphatic carbocycles. The molecule has 29 heavy (non-hydrogen) atoms. The van der Waals surface area contributed by atoms with Crippen LogP contribution < -0.4 is 0 Å². The van der Waals surface area contributed by atoms with Crippen LogP contribution >= 0.6 is 0 Å². The van der Waals surface area contributed by atoms with Crippen LogP contribution in [-0.4, -0.2) is 31.4 Å². The zero-order valence-electron chi connectivity index (χ0n) is 18.7.